The SMILES string of the molecule is CO[C@H](C(N)=O)[C@H](N)C(=O)O. The van der Waals surface area contributed by atoms with Crippen molar-refractivity contribution in [3.8, 4) is 0 Å². The second kappa shape index (κ2) is 3.89. The van der Waals surface area contributed by atoms with Crippen LogP contribution in [0.5, 0.6) is 0 Å². The van der Waals surface area contributed by atoms with E-state index < -0.39 is 24.0 Å². The van der Waals surface area contributed by atoms with Gasteiger partial charge < -0.3 is 21.3 Å². The van der Waals surface area contributed by atoms with E-state index in [9.17, 15) is 9.59 Å². The van der Waals surface area contributed by atoms with Gasteiger partial charge in [-0.1, -0.05) is 0 Å². The van der Waals surface area contributed by atoms with E-state index in [2.05, 4.69) is 4.74 Å². The highest BCUT2D eigenvalue weighted by atomic mass is 16.5. The summed E-state index contributed by atoms with van der Waals surface area (Å²) in [5.74, 6) is -2.21. The summed E-state index contributed by atoms with van der Waals surface area (Å²) in [5.41, 5.74) is 9.83. The van der Waals surface area contributed by atoms with Crippen LogP contribution >= 0.6 is 0 Å². The summed E-state index contributed by atoms with van der Waals surface area (Å²) < 4.78 is 4.45. The molecule has 0 saturated carbocycles. The van der Waals surface area contributed by atoms with Crippen molar-refractivity contribution in [2.45, 2.75) is 12.1 Å². The Kier molecular flexibility index (Phi) is 3.49. The molecule has 0 rings (SSSR count). The van der Waals surface area contributed by atoms with E-state index in [-0.39, 0.29) is 0 Å². The highest BCUT2D eigenvalue weighted by Crippen LogP contribution is 1.94. The van der Waals surface area contributed by atoms with Crippen molar-refractivity contribution < 1.29 is 19.4 Å². The lowest BCUT2D eigenvalue weighted by Crippen LogP contribution is -2.49. The van der Waals surface area contributed by atoms with E-state index in [1.807, 2.05) is 0 Å². The zero-order chi connectivity index (χ0) is 9.02. The number of carboxylic acid groups (broad SMARTS) is 1. The maximum atomic E-state index is 10.4. The molecule has 5 N–H and O–H groups in total. The minimum Gasteiger partial charge on any atom is -0.480 e. The average molecular weight is 162 g/mol. The third-order valence-electron chi connectivity index (χ3n) is 1.15. The van der Waals surface area contributed by atoms with E-state index in [0.717, 1.165) is 7.11 Å². The Bertz CT molecular complexity index is 170. The Morgan fingerprint density at radius 3 is 2.09 bits per heavy atom. The molecule has 11 heavy (non-hydrogen) atoms. The lowest BCUT2D eigenvalue weighted by atomic mass is 10.1. The highest BCUT2D eigenvalue weighted by Gasteiger charge is 2.28. The fourth-order valence-electron chi connectivity index (χ4n) is 0.569. The van der Waals surface area contributed by atoms with Crippen LogP contribution < -0.4 is 11.5 Å². The molecule has 0 aliphatic rings. The Balaban J connectivity index is 4.25. The first-order valence-electron chi connectivity index (χ1n) is 2.81. The van der Waals surface area contributed by atoms with E-state index >= 15 is 0 Å². The Morgan fingerprint density at radius 2 is 2.00 bits per heavy atom. The predicted molar refractivity (Wildman–Crippen MR) is 35.6 cm³/mol. The smallest absolute Gasteiger partial charge is 0.323 e. The lowest BCUT2D eigenvalue weighted by molar-refractivity contribution is -0.146. The number of ether oxygens (including phenoxy) is 1. The predicted octanol–water partition coefficient (Wildman–Crippen LogP) is -2.10. The molecule has 0 spiro atoms. The van der Waals surface area contributed by atoms with Gasteiger partial charge in [0, 0.05) is 7.11 Å². The maximum absolute atomic E-state index is 10.4. The van der Waals surface area contributed by atoms with Crippen molar-refractivity contribution in [2.24, 2.45) is 11.5 Å². The number of nitrogens with two attached hydrogens (primary N) is 2. The van der Waals surface area contributed by atoms with Crippen molar-refractivity contribution >= 4 is 11.9 Å². The number of carboxylic acids is 1. The van der Waals surface area contributed by atoms with Crippen molar-refractivity contribution in [1.29, 1.82) is 0 Å². The molecule has 0 aromatic carbocycles. The van der Waals surface area contributed by atoms with E-state index in [4.69, 9.17) is 16.6 Å². The van der Waals surface area contributed by atoms with Crippen LogP contribution in [-0.4, -0.2) is 36.2 Å². The number of methoxy groups -OCH3 is 1. The monoisotopic (exact) mass is 162 g/mol. The fraction of sp³-hybridized carbons (Fsp3) is 0.600. The largest absolute Gasteiger partial charge is 0.480 e. The molecule has 0 radical (unpaired) electrons. The number of rotatable bonds is 4. The number of carbonyl (C=O) groups excluding carboxylic acids is 1. The van der Waals surface area contributed by atoms with Crippen molar-refractivity contribution in [3.63, 3.8) is 0 Å². The van der Waals surface area contributed by atoms with Gasteiger partial charge in [-0.3, -0.25) is 9.59 Å². The topological polar surface area (TPSA) is 116 Å². The summed E-state index contributed by atoms with van der Waals surface area (Å²) in [6, 6.07) is -1.41. The molecule has 1 amide bonds. The number of primary amides is 1. The van der Waals surface area contributed by atoms with Crippen molar-refractivity contribution in [2.75, 3.05) is 7.11 Å². The first kappa shape index (κ1) is 9.86. The Hall–Kier alpha value is -1.14. The minimum atomic E-state index is -1.41. The summed E-state index contributed by atoms with van der Waals surface area (Å²) in [5, 5.41) is 8.32. The normalized spacial score (nSPS) is 15.5. The summed E-state index contributed by atoms with van der Waals surface area (Å²) >= 11 is 0. The van der Waals surface area contributed by atoms with Gasteiger partial charge in [0.1, 0.15) is 6.04 Å². The zero-order valence-electron chi connectivity index (χ0n) is 5.98. The number of hydrogen-bond acceptors (Lipinski definition) is 4. The summed E-state index contributed by atoms with van der Waals surface area (Å²) in [7, 11) is 1.16. The number of amides is 1. The van der Waals surface area contributed by atoms with Crippen LogP contribution in [0, 0.1) is 0 Å². The third-order valence-corrected chi connectivity index (χ3v) is 1.15. The number of carbonyl (C=O) groups is 2. The molecule has 2 atom stereocenters. The average Bonchev–Trinajstić information content (AvgIpc) is 1.88. The highest BCUT2D eigenvalue weighted by molar-refractivity contribution is 5.87. The molecule has 0 saturated heterocycles. The third kappa shape index (κ3) is 2.52. The molecule has 64 valence electrons. The number of aliphatic carboxylic acids is 1. The van der Waals surface area contributed by atoms with Gasteiger partial charge in [-0.25, -0.2) is 0 Å². The van der Waals surface area contributed by atoms with E-state index in [0.29, 0.717) is 0 Å². The summed E-state index contributed by atoms with van der Waals surface area (Å²) in [4.78, 5) is 20.6. The van der Waals surface area contributed by atoms with Crippen LogP contribution in [0.4, 0.5) is 0 Å². The second-order valence-electron chi connectivity index (χ2n) is 1.92. The molecule has 0 heterocycles. The quantitative estimate of drug-likeness (QED) is 0.438. The van der Waals surface area contributed by atoms with Gasteiger partial charge in [0.15, 0.2) is 6.10 Å². The van der Waals surface area contributed by atoms with Crippen LogP contribution in [0.25, 0.3) is 0 Å². The molecule has 6 heteroatoms. The van der Waals surface area contributed by atoms with Crippen LogP contribution in [0.15, 0.2) is 0 Å². The van der Waals surface area contributed by atoms with E-state index in [1.54, 1.807) is 0 Å². The minimum absolute atomic E-state index is 0.887. The Morgan fingerprint density at radius 1 is 1.55 bits per heavy atom. The van der Waals surface area contributed by atoms with Crippen molar-refractivity contribution in [3.05, 3.63) is 0 Å². The standard InChI is InChI=1S/C5H10N2O4/c1-11-3(4(7)8)2(6)5(9)10/h2-3H,6H2,1H3,(H2,7,8)(H,9,10)/t2-,3-/m0/s1. The number of hydrogen-bond donors (Lipinski definition) is 3. The van der Waals surface area contributed by atoms with Crippen molar-refractivity contribution in [1.82, 2.24) is 0 Å². The molecular weight excluding hydrogens is 152 g/mol. The van der Waals surface area contributed by atoms with Crippen LogP contribution in [0.1, 0.15) is 0 Å². The molecule has 0 bridgehead atoms. The van der Waals surface area contributed by atoms with Crippen LogP contribution in [0.2, 0.25) is 0 Å². The van der Waals surface area contributed by atoms with Crippen LogP contribution in [0.3, 0.4) is 0 Å². The summed E-state index contributed by atoms with van der Waals surface area (Å²) in [6.45, 7) is 0. The molecule has 0 unspecified atom stereocenters. The summed E-state index contributed by atoms with van der Waals surface area (Å²) in [6.07, 6.45) is -1.27. The van der Waals surface area contributed by atoms with Gasteiger partial charge in [-0.2, -0.15) is 0 Å². The van der Waals surface area contributed by atoms with Gasteiger partial charge in [-0.05, 0) is 0 Å². The van der Waals surface area contributed by atoms with Gasteiger partial charge in [0.25, 0.3) is 0 Å². The maximum Gasteiger partial charge on any atom is 0.323 e. The molecule has 0 aliphatic heterocycles. The Labute approximate surface area is 63.1 Å². The fourth-order valence-corrected chi connectivity index (χ4v) is 0.569. The zero-order valence-corrected chi connectivity index (χ0v) is 5.98. The molecule has 0 aromatic heterocycles. The molecular formula is C5H10N2O4. The first-order chi connectivity index (χ1) is 5.00. The first-order valence-corrected chi connectivity index (χ1v) is 2.81. The van der Waals surface area contributed by atoms with Gasteiger partial charge in [-0.15, -0.1) is 0 Å². The van der Waals surface area contributed by atoms with Gasteiger partial charge >= 0.3 is 5.97 Å². The van der Waals surface area contributed by atoms with Gasteiger partial charge in [0.2, 0.25) is 5.91 Å². The molecule has 0 aliphatic carbocycles. The van der Waals surface area contributed by atoms with Crippen LogP contribution in [-0.2, 0) is 14.3 Å². The molecule has 0 fully saturated rings. The van der Waals surface area contributed by atoms with Gasteiger partial charge in [0.05, 0.1) is 0 Å². The molecule has 0 aromatic rings. The molecule has 6 nitrogen and oxygen atoms in total. The lowest BCUT2D eigenvalue weighted by Gasteiger charge is -2.14. The van der Waals surface area contributed by atoms with E-state index in [1.165, 1.54) is 0 Å². The second-order valence-corrected chi connectivity index (χ2v) is 1.92.